The van der Waals surface area contributed by atoms with Crippen molar-refractivity contribution in [3.8, 4) is 11.5 Å². The average molecular weight is 602 g/mol. The molecular formula is C32H43NO10. The number of rotatable bonds is 13. The summed E-state index contributed by atoms with van der Waals surface area (Å²) in [5.74, 6) is -1.58. The monoisotopic (exact) mass is 601 g/mol. The summed E-state index contributed by atoms with van der Waals surface area (Å²) < 4.78 is 32.1. The molecular weight excluding hydrogens is 558 g/mol. The lowest BCUT2D eigenvalue weighted by molar-refractivity contribution is -0.148. The highest BCUT2D eigenvalue weighted by Gasteiger charge is 2.38. The second-order valence-corrected chi connectivity index (χ2v) is 11.5. The van der Waals surface area contributed by atoms with E-state index in [0.717, 1.165) is 0 Å². The highest BCUT2D eigenvalue weighted by molar-refractivity contribution is 5.89. The van der Waals surface area contributed by atoms with Gasteiger partial charge in [-0.05, 0) is 77.3 Å². The summed E-state index contributed by atoms with van der Waals surface area (Å²) in [4.78, 5) is 50.6. The van der Waals surface area contributed by atoms with Gasteiger partial charge in [-0.25, -0.2) is 14.4 Å². The van der Waals surface area contributed by atoms with E-state index >= 15 is 0 Å². The van der Waals surface area contributed by atoms with Crippen molar-refractivity contribution < 1.29 is 47.6 Å². The zero-order chi connectivity index (χ0) is 32.4. The van der Waals surface area contributed by atoms with Gasteiger partial charge in [0.1, 0.15) is 22.8 Å². The largest absolute Gasteiger partial charge is 0.514 e. The Morgan fingerprint density at radius 2 is 1.35 bits per heavy atom. The van der Waals surface area contributed by atoms with E-state index in [2.05, 4.69) is 0 Å². The van der Waals surface area contributed by atoms with Crippen LogP contribution in [0.15, 0.2) is 48.5 Å². The van der Waals surface area contributed by atoms with Gasteiger partial charge in [-0.2, -0.15) is 0 Å². The van der Waals surface area contributed by atoms with Crippen LogP contribution in [0.3, 0.4) is 0 Å². The zero-order valence-corrected chi connectivity index (χ0v) is 26.2. The van der Waals surface area contributed by atoms with Crippen LogP contribution in [-0.2, 0) is 30.2 Å². The van der Waals surface area contributed by atoms with Crippen molar-refractivity contribution in [1.82, 2.24) is 0 Å². The maximum atomic E-state index is 12.9. The number of hydrogen-bond acceptors (Lipinski definition) is 11. The number of benzene rings is 2. The highest BCUT2D eigenvalue weighted by Crippen LogP contribution is 2.33. The minimum Gasteiger partial charge on any atom is -0.468 e. The molecule has 0 fully saturated rings. The summed E-state index contributed by atoms with van der Waals surface area (Å²) in [6, 6.07) is 12.8. The minimum atomic E-state index is -1.64. The fourth-order valence-electron chi connectivity index (χ4n) is 3.82. The Hall–Kier alpha value is -4.12. The van der Waals surface area contributed by atoms with E-state index in [1.54, 1.807) is 71.0 Å². The molecule has 2 atom stereocenters. The summed E-state index contributed by atoms with van der Waals surface area (Å²) in [5.41, 5.74) is 4.09. The molecule has 0 aliphatic rings. The van der Waals surface area contributed by atoms with Crippen molar-refractivity contribution in [2.45, 2.75) is 97.0 Å². The summed E-state index contributed by atoms with van der Waals surface area (Å²) in [7, 11) is 1.20. The van der Waals surface area contributed by atoms with Gasteiger partial charge in [0.25, 0.3) is 0 Å². The number of carbonyl (C=O) groups is 4. The van der Waals surface area contributed by atoms with Gasteiger partial charge in [0, 0.05) is 12.8 Å². The molecule has 43 heavy (non-hydrogen) atoms. The Labute approximate surface area is 252 Å². The molecule has 0 spiro atoms. The molecule has 0 saturated heterocycles. The van der Waals surface area contributed by atoms with E-state index in [1.165, 1.54) is 19.2 Å². The van der Waals surface area contributed by atoms with Crippen LogP contribution in [0.2, 0.25) is 0 Å². The van der Waals surface area contributed by atoms with Gasteiger partial charge in [-0.3, -0.25) is 4.79 Å². The molecule has 2 N–H and O–H groups in total. The molecule has 0 bridgehead atoms. The zero-order valence-electron chi connectivity index (χ0n) is 26.2. The van der Waals surface area contributed by atoms with Crippen LogP contribution < -0.4 is 15.2 Å². The first kappa shape index (κ1) is 35.1. The second kappa shape index (κ2) is 14.9. The van der Waals surface area contributed by atoms with Crippen molar-refractivity contribution in [1.29, 1.82) is 0 Å². The van der Waals surface area contributed by atoms with E-state index in [0.29, 0.717) is 24.0 Å². The number of ether oxygens (including phenoxy) is 6. The SMILES string of the molecule is CCC(C)(C)OC(=O)Oc1ccc(C[C@](N)(CC(C)OC(=O)c2ccccc2)C(=O)OC)cc1OC(=O)OC(C)(C)CC. The van der Waals surface area contributed by atoms with Crippen LogP contribution in [0.5, 0.6) is 11.5 Å². The molecule has 2 rings (SSSR count). The van der Waals surface area contributed by atoms with E-state index in [-0.39, 0.29) is 24.3 Å². The lowest BCUT2D eigenvalue weighted by Gasteiger charge is -2.29. The summed E-state index contributed by atoms with van der Waals surface area (Å²) >= 11 is 0. The van der Waals surface area contributed by atoms with Gasteiger partial charge in [0.15, 0.2) is 11.5 Å². The molecule has 0 heterocycles. The first-order valence-electron chi connectivity index (χ1n) is 14.1. The normalized spacial score (nSPS) is 13.6. The Morgan fingerprint density at radius 3 is 1.86 bits per heavy atom. The van der Waals surface area contributed by atoms with Crippen LogP contribution in [0.4, 0.5) is 9.59 Å². The van der Waals surface area contributed by atoms with Gasteiger partial charge < -0.3 is 34.2 Å². The van der Waals surface area contributed by atoms with E-state index in [9.17, 15) is 19.2 Å². The predicted octanol–water partition coefficient (Wildman–Crippen LogP) is 6.14. The van der Waals surface area contributed by atoms with Crippen LogP contribution in [0.25, 0.3) is 0 Å². The van der Waals surface area contributed by atoms with Crippen molar-refractivity contribution in [3.05, 3.63) is 59.7 Å². The maximum Gasteiger partial charge on any atom is 0.514 e. The summed E-state index contributed by atoms with van der Waals surface area (Å²) in [6.07, 6.45) is -1.92. The van der Waals surface area contributed by atoms with Crippen molar-refractivity contribution in [2.24, 2.45) is 5.73 Å². The Bertz CT molecular complexity index is 1270. The molecule has 0 aliphatic carbocycles. The fourth-order valence-corrected chi connectivity index (χ4v) is 3.82. The molecule has 0 saturated carbocycles. The van der Waals surface area contributed by atoms with Crippen molar-refractivity contribution in [2.75, 3.05) is 7.11 Å². The number of nitrogens with two attached hydrogens (primary N) is 1. The smallest absolute Gasteiger partial charge is 0.468 e. The quantitative estimate of drug-likeness (QED) is 0.160. The van der Waals surface area contributed by atoms with Gasteiger partial charge in [0.2, 0.25) is 0 Å². The Balaban J connectivity index is 2.35. The lowest BCUT2D eigenvalue weighted by Crippen LogP contribution is -2.53. The highest BCUT2D eigenvalue weighted by atomic mass is 16.8. The van der Waals surface area contributed by atoms with E-state index < -0.39 is 47.1 Å². The third-order valence-corrected chi connectivity index (χ3v) is 6.90. The number of carbonyl (C=O) groups excluding carboxylic acids is 4. The topological polar surface area (TPSA) is 150 Å². The molecule has 0 aromatic heterocycles. The van der Waals surface area contributed by atoms with E-state index in [4.69, 9.17) is 34.2 Å². The molecule has 0 aliphatic heterocycles. The summed E-state index contributed by atoms with van der Waals surface area (Å²) in [5, 5.41) is 0. The van der Waals surface area contributed by atoms with Gasteiger partial charge in [0.05, 0.1) is 12.7 Å². The average Bonchev–Trinajstić information content (AvgIpc) is 2.93. The molecule has 2 aromatic carbocycles. The molecule has 0 amide bonds. The fraction of sp³-hybridized carbons (Fsp3) is 0.500. The number of hydrogen-bond donors (Lipinski definition) is 1. The predicted molar refractivity (Wildman–Crippen MR) is 158 cm³/mol. The molecule has 0 radical (unpaired) electrons. The first-order valence-corrected chi connectivity index (χ1v) is 14.1. The molecule has 11 nitrogen and oxygen atoms in total. The maximum absolute atomic E-state index is 12.9. The number of methoxy groups -OCH3 is 1. The standard InChI is InChI=1S/C32H43NO10/c1-9-30(4,5)42-28(36)40-24-17-16-22(18-25(24)41-29(37)43-31(6,7)10-2)20-32(33,27(35)38-8)19-21(3)39-26(34)23-14-12-11-13-15-23/h11-18,21H,9-10,19-20,33H2,1-8H3/t21?,32-/m1/s1. The lowest BCUT2D eigenvalue weighted by atomic mass is 9.86. The Morgan fingerprint density at radius 1 is 0.814 bits per heavy atom. The summed E-state index contributed by atoms with van der Waals surface area (Å²) in [6.45, 7) is 12.2. The van der Waals surface area contributed by atoms with Crippen LogP contribution in [0.1, 0.15) is 83.7 Å². The first-order chi connectivity index (χ1) is 20.0. The van der Waals surface area contributed by atoms with Gasteiger partial charge in [-0.1, -0.05) is 38.1 Å². The molecule has 2 aromatic rings. The van der Waals surface area contributed by atoms with Crippen LogP contribution >= 0.6 is 0 Å². The molecule has 1 unspecified atom stereocenters. The molecule has 236 valence electrons. The number of esters is 2. The molecule has 11 heteroatoms. The Kier molecular flexibility index (Phi) is 12.1. The third kappa shape index (κ3) is 10.9. The van der Waals surface area contributed by atoms with Crippen molar-refractivity contribution >= 4 is 24.2 Å². The van der Waals surface area contributed by atoms with Gasteiger partial charge in [-0.15, -0.1) is 0 Å². The second-order valence-electron chi connectivity index (χ2n) is 11.5. The minimum absolute atomic E-state index is 0.0855. The van der Waals surface area contributed by atoms with Gasteiger partial charge >= 0.3 is 24.2 Å². The van der Waals surface area contributed by atoms with Crippen LogP contribution in [-0.4, -0.2) is 54.2 Å². The third-order valence-electron chi connectivity index (χ3n) is 6.90. The van der Waals surface area contributed by atoms with Crippen molar-refractivity contribution in [3.63, 3.8) is 0 Å². The van der Waals surface area contributed by atoms with Crippen LogP contribution in [0, 0.1) is 0 Å². The van der Waals surface area contributed by atoms with E-state index in [1.807, 2.05) is 13.8 Å².